The monoisotopic (exact) mass is 475 g/mol. The Morgan fingerprint density at radius 1 is 1.15 bits per heavy atom. The van der Waals surface area contributed by atoms with Gasteiger partial charge in [0.2, 0.25) is 0 Å². The first-order valence-electron chi connectivity index (χ1n) is 10.1. The zero-order valence-electron chi connectivity index (χ0n) is 17.1. The lowest BCUT2D eigenvalue weighted by Crippen LogP contribution is -2.56. The van der Waals surface area contributed by atoms with E-state index in [0.717, 1.165) is 12.1 Å². The van der Waals surface area contributed by atoms with E-state index in [1.807, 2.05) is 0 Å². The molecule has 0 radical (unpaired) electrons. The third-order valence-electron chi connectivity index (χ3n) is 5.66. The Labute approximate surface area is 184 Å². The molecule has 3 heterocycles. The number of ether oxygens (including phenoxy) is 2. The quantitative estimate of drug-likeness (QED) is 0.660. The van der Waals surface area contributed by atoms with E-state index in [-0.39, 0.29) is 37.4 Å². The Bertz CT molecular complexity index is 1040. The smallest absolute Gasteiger partial charge is 0.491 e. The number of halogens is 6. The van der Waals surface area contributed by atoms with Crippen LogP contribution in [-0.2, 0) is 5.54 Å². The van der Waals surface area contributed by atoms with Crippen molar-refractivity contribution in [3.8, 4) is 11.5 Å². The molecule has 1 atom stereocenters. The van der Waals surface area contributed by atoms with Crippen molar-refractivity contribution in [2.45, 2.75) is 37.1 Å². The Hall–Kier alpha value is -3.18. The number of carbonyl (C=O) groups excluding carboxylic acids is 1. The van der Waals surface area contributed by atoms with Gasteiger partial charge in [-0.2, -0.15) is 0 Å². The van der Waals surface area contributed by atoms with E-state index in [2.05, 4.69) is 15.0 Å². The van der Waals surface area contributed by atoms with Crippen LogP contribution in [0.2, 0.25) is 0 Å². The minimum atomic E-state index is -5.09. The van der Waals surface area contributed by atoms with Crippen LogP contribution >= 0.6 is 0 Å². The topological polar surface area (TPSA) is 63.7 Å². The maximum Gasteiger partial charge on any atom is 0.573 e. The maximum absolute atomic E-state index is 14.6. The van der Waals surface area contributed by atoms with Gasteiger partial charge in [-0.25, -0.2) is 18.0 Å². The van der Waals surface area contributed by atoms with Gasteiger partial charge in [-0.1, -0.05) is 6.07 Å². The summed E-state index contributed by atoms with van der Waals surface area (Å²) in [5.74, 6) is -4.89. The first-order chi connectivity index (χ1) is 15.5. The van der Waals surface area contributed by atoms with Crippen molar-refractivity contribution >= 4 is 6.03 Å². The highest BCUT2D eigenvalue weighted by atomic mass is 19.4. The fourth-order valence-electron chi connectivity index (χ4n) is 4.01. The van der Waals surface area contributed by atoms with Crippen LogP contribution in [0.3, 0.4) is 0 Å². The average molecular weight is 475 g/mol. The summed E-state index contributed by atoms with van der Waals surface area (Å²) in [5, 5.41) is 2.77. The van der Waals surface area contributed by atoms with Crippen LogP contribution < -0.4 is 14.8 Å². The van der Waals surface area contributed by atoms with Crippen LogP contribution in [-0.4, -0.2) is 47.9 Å². The van der Waals surface area contributed by atoms with Crippen molar-refractivity contribution in [2.75, 3.05) is 19.7 Å². The molecule has 2 aromatic rings. The number of hydrogen-bond acceptors (Lipinski definition) is 4. The number of alkyl halides is 5. The van der Waals surface area contributed by atoms with Crippen LogP contribution in [0.1, 0.15) is 30.5 Å². The van der Waals surface area contributed by atoms with Crippen molar-refractivity contribution in [3.63, 3.8) is 0 Å². The summed E-state index contributed by atoms with van der Waals surface area (Å²) in [7, 11) is 0. The lowest BCUT2D eigenvalue weighted by Gasteiger charge is -2.41. The molecule has 33 heavy (non-hydrogen) atoms. The van der Waals surface area contributed by atoms with Gasteiger partial charge in [0.1, 0.15) is 17.0 Å². The number of benzene rings is 1. The molecule has 2 aliphatic rings. The van der Waals surface area contributed by atoms with E-state index >= 15 is 0 Å². The summed E-state index contributed by atoms with van der Waals surface area (Å²) in [6.07, 6.45) is -4.58. The molecular weight excluding hydrogens is 456 g/mol. The van der Waals surface area contributed by atoms with Crippen LogP contribution in [0.15, 0.2) is 36.5 Å². The SMILES string of the molecule is O=C(NC1(c2ccc(OC(F)(F)F)c(F)c2)CCOc2cccnc21)N1CCC(F)(F)CC1. The lowest BCUT2D eigenvalue weighted by atomic mass is 9.81. The molecule has 2 aliphatic heterocycles. The molecule has 12 heteroatoms. The number of carbonyl (C=O) groups is 1. The standard InChI is InChI=1S/C21H19F6N3O3/c22-14-12-13(3-4-15(14)33-21(25,26)27)20(7-11-32-16-2-1-8-28-17(16)20)29-18(31)30-9-5-19(23,24)6-10-30/h1-4,8,12H,5-7,9-11H2,(H,29,31). The molecule has 1 N–H and O–H groups in total. The highest BCUT2D eigenvalue weighted by Gasteiger charge is 2.45. The summed E-state index contributed by atoms with van der Waals surface area (Å²) in [6, 6.07) is 5.32. The zero-order chi connectivity index (χ0) is 23.9. The van der Waals surface area contributed by atoms with E-state index in [4.69, 9.17) is 4.74 Å². The molecule has 1 aromatic heterocycles. The molecule has 6 nitrogen and oxygen atoms in total. The van der Waals surface area contributed by atoms with Gasteiger partial charge >= 0.3 is 12.4 Å². The van der Waals surface area contributed by atoms with Crippen LogP contribution in [0.25, 0.3) is 0 Å². The highest BCUT2D eigenvalue weighted by Crippen LogP contribution is 2.42. The molecule has 0 aliphatic carbocycles. The molecule has 0 saturated carbocycles. The second-order valence-electron chi connectivity index (χ2n) is 7.82. The molecule has 178 valence electrons. The third-order valence-corrected chi connectivity index (χ3v) is 5.66. The number of nitrogens with zero attached hydrogens (tertiary/aromatic N) is 2. The van der Waals surface area contributed by atoms with Gasteiger partial charge in [-0.15, -0.1) is 13.2 Å². The van der Waals surface area contributed by atoms with Crippen molar-refractivity contribution in [1.82, 2.24) is 15.2 Å². The minimum Gasteiger partial charge on any atom is -0.491 e. The molecule has 1 saturated heterocycles. The molecule has 1 fully saturated rings. The summed E-state index contributed by atoms with van der Waals surface area (Å²) < 4.78 is 88.5. The first kappa shape index (κ1) is 23.0. The van der Waals surface area contributed by atoms with Crippen molar-refractivity contribution in [2.24, 2.45) is 0 Å². The number of hydrogen-bond donors (Lipinski definition) is 1. The van der Waals surface area contributed by atoms with Crippen LogP contribution in [0, 0.1) is 5.82 Å². The van der Waals surface area contributed by atoms with E-state index < -0.39 is 48.3 Å². The molecule has 0 bridgehead atoms. The summed E-state index contributed by atoms with van der Waals surface area (Å²) in [4.78, 5) is 18.5. The van der Waals surface area contributed by atoms with Gasteiger partial charge < -0.3 is 19.7 Å². The molecule has 1 aromatic carbocycles. The van der Waals surface area contributed by atoms with Crippen LogP contribution in [0.4, 0.5) is 31.1 Å². The number of likely N-dealkylation sites (tertiary alicyclic amines) is 1. The largest absolute Gasteiger partial charge is 0.573 e. The Morgan fingerprint density at radius 3 is 2.55 bits per heavy atom. The molecule has 1 unspecified atom stereocenters. The van der Waals surface area contributed by atoms with Crippen LogP contribution in [0.5, 0.6) is 11.5 Å². The number of fused-ring (bicyclic) bond motifs is 1. The Balaban J connectivity index is 1.71. The van der Waals surface area contributed by atoms with Gasteiger partial charge in [-0.3, -0.25) is 4.98 Å². The minimum absolute atomic E-state index is 0.0751. The van der Waals surface area contributed by atoms with Gasteiger partial charge in [0.25, 0.3) is 5.92 Å². The average Bonchev–Trinajstić information content (AvgIpc) is 2.74. The number of amides is 2. The maximum atomic E-state index is 14.6. The van der Waals surface area contributed by atoms with Crippen molar-refractivity contribution in [3.05, 3.63) is 53.6 Å². The normalized spacial score (nSPS) is 22.2. The number of aromatic nitrogens is 1. The van der Waals surface area contributed by atoms with Gasteiger partial charge in [0.05, 0.1) is 6.61 Å². The highest BCUT2D eigenvalue weighted by molar-refractivity contribution is 5.76. The van der Waals surface area contributed by atoms with E-state index in [9.17, 15) is 31.1 Å². The molecule has 2 amide bonds. The molecule has 0 spiro atoms. The molecular formula is C21H19F6N3O3. The lowest BCUT2D eigenvalue weighted by molar-refractivity contribution is -0.275. The number of urea groups is 1. The van der Waals surface area contributed by atoms with E-state index in [0.29, 0.717) is 5.75 Å². The van der Waals surface area contributed by atoms with Gasteiger partial charge in [0.15, 0.2) is 11.6 Å². The van der Waals surface area contributed by atoms with Crippen molar-refractivity contribution < 1.29 is 40.6 Å². The number of rotatable bonds is 3. The zero-order valence-corrected chi connectivity index (χ0v) is 17.1. The summed E-state index contributed by atoms with van der Waals surface area (Å²) >= 11 is 0. The Morgan fingerprint density at radius 2 is 1.88 bits per heavy atom. The predicted octanol–water partition coefficient (Wildman–Crippen LogP) is 4.59. The second-order valence-corrected chi connectivity index (χ2v) is 7.82. The second kappa shape index (κ2) is 8.31. The fourth-order valence-corrected chi connectivity index (χ4v) is 4.01. The fraction of sp³-hybridized carbons (Fsp3) is 0.429. The first-order valence-corrected chi connectivity index (χ1v) is 10.1. The summed E-state index contributed by atoms with van der Waals surface area (Å²) in [5.41, 5.74) is -1.15. The Kier molecular flexibility index (Phi) is 5.79. The predicted molar refractivity (Wildman–Crippen MR) is 102 cm³/mol. The number of pyridine rings is 1. The van der Waals surface area contributed by atoms with Gasteiger partial charge in [-0.05, 0) is 29.8 Å². The van der Waals surface area contributed by atoms with E-state index in [1.54, 1.807) is 12.1 Å². The number of nitrogens with one attached hydrogen (secondary N) is 1. The van der Waals surface area contributed by atoms with Gasteiger partial charge in [0, 0.05) is 38.5 Å². The van der Waals surface area contributed by atoms with Crippen molar-refractivity contribution in [1.29, 1.82) is 0 Å². The number of piperidine rings is 1. The summed E-state index contributed by atoms with van der Waals surface area (Å²) in [6.45, 7) is -0.292. The third kappa shape index (κ3) is 4.79. The molecule has 4 rings (SSSR count). The van der Waals surface area contributed by atoms with E-state index in [1.165, 1.54) is 17.2 Å².